The van der Waals surface area contributed by atoms with Crippen LogP contribution in [0.2, 0.25) is 10.0 Å². The van der Waals surface area contributed by atoms with E-state index in [0.717, 1.165) is 24.3 Å². The molecule has 0 heterocycles. The number of hydrogen-bond acceptors (Lipinski definition) is 8. The Labute approximate surface area is 162 Å². The van der Waals surface area contributed by atoms with E-state index in [-0.39, 0.29) is 10.0 Å². The minimum Gasteiger partial charge on any atom is -0.258 e. The van der Waals surface area contributed by atoms with E-state index < -0.39 is 55.8 Å². The van der Waals surface area contributed by atoms with Crippen molar-refractivity contribution < 1.29 is 26.7 Å². The lowest BCUT2D eigenvalue weighted by Crippen LogP contribution is -2.17. The molecule has 14 heteroatoms. The summed E-state index contributed by atoms with van der Waals surface area (Å²) >= 11 is 11.2. The van der Waals surface area contributed by atoms with Gasteiger partial charge in [-0.3, -0.25) is 20.2 Å². The van der Waals surface area contributed by atoms with Gasteiger partial charge in [-0.05, 0) is 24.3 Å². The molecule has 27 heavy (non-hydrogen) atoms. The summed E-state index contributed by atoms with van der Waals surface area (Å²) < 4.78 is 49.6. The van der Waals surface area contributed by atoms with E-state index >= 15 is 0 Å². The van der Waals surface area contributed by atoms with Crippen molar-refractivity contribution in [3.05, 3.63) is 66.7 Å². The van der Waals surface area contributed by atoms with Gasteiger partial charge in [0, 0.05) is 12.1 Å². The van der Waals surface area contributed by atoms with E-state index in [4.69, 9.17) is 23.2 Å². The third-order valence-electron chi connectivity index (χ3n) is 3.26. The van der Waals surface area contributed by atoms with Crippen LogP contribution in [0.1, 0.15) is 0 Å². The van der Waals surface area contributed by atoms with E-state index in [2.05, 4.69) is 0 Å². The number of halogens is 2. The minimum absolute atomic E-state index is 0.324. The van der Waals surface area contributed by atoms with Gasteiger partial charge < -0.3 is 0 Å². The van der Waals surface area contributed by atoms with Gasteiger partial charge in [0.1, 0.15) is 10.0 Å². The van der Waals surface area contributed by atoms with Crippen LogP contribution in [0.15, 0.2) is 46.2 Å². The zero-order valence-electron chi connectivity index (χ0n) is 12.9. The number of nitrogens with zero attached hydrogens (tertiary/aromatic N) is 2. The Kier molecular flexibility index (Phi) is 5.75. The first-order chi connectivity index (χ1) is 12.3. The van der Waals surface area contributed by atoms with Crippen LogP contribution in [0.3, 0.4) is 0 Å². The van der Waals surface area contributed by atoms with Crippen LogP contribution in [-0.2, 0) is 19.7 Å². The maximum atomic E-state index is 12.4. The molecular weight excluding hydrogens is 447 g/mol. The standard InChI is InChI=1S/C13H8Cl2N2O8S2/c14-10-3-1-8(5-12(10)16(18)19)26(22,23)7-27(24,25)9-2-4-11(15)13(6-9)17(20)21/h1-6H,7H2. The Balaban J connectivity index is 2.48. The Morgan fingerprint density at radius 3 is 1.37 bits per heavy atom. The second-order valence-corrected chi connectivity index (χ2v) is 10.2. The molecule has 0 unspecified atom stereocenters. The molecule has 2 aromatic carbocycles. The molecule has 0 saturated carbocycles. The first-order valence-corrected chi connectivity index (χ1v) is 10.7. The minimum atomic E-state index is -4.54. The highest BCUT2D eigenvalue weighted by molar-refractivity contribution is 8.08. The van der Waals surface area contributed by atoms with Crippen molar-refractivity contribution in [3.63, 3.8) is 0 Å². The van der Waals surface area contributed by atoms with Crippen LogP contribution in [0.5, 0.6) is 0 Å². The molecule has 0 amide bonds. The number of rotatable bonds is 6. The highest BCUT2D eigenvalue weighted by Crippen LogP contribution is 2.30. The van der Waals surface area contributed by atoms with Crippen LogP contribution in [0.4, 0.5) is 11.4 Å². The largest absolute Gasteiger partial charge is 0.289 e. The quantitative estimate of drug-likeness (QED) is 0.476. The summed E-state index contributed by atoms with van der Waals surface area (Å²) in [6.45, 7) is 0. The summed E-state index contributed by atoms with van der Waals surface area (Å²) in [7, 11) is -9.07. The highest BCUT2D eigenvalue weighted by Gasteiger charge is 2.29. The van der Waals surface area contributed by atoms with Gasteiger partial charge in [0.25, 0.3) is 11.4 Å². The molecule has 0 aliphatic heterocycles. The van der Waals surface area contributed by atoms with Gasteiger partial charge in [-0.25, -0.2) is 16.8 Å². The SMILES string of the molecule is O=[N+]([O-])c1cc(S(=O)(=O)CS(=O)(=O)c2ccc(Cl)c([N+](=O)[O-])c2)ccc1Cl. The normalized spacial score (nSPS) is 11.9. The van der Waals surface area contributed by atoms with Gasteiger partial charge in [0.05, 0.1) is 19.6 Å². The number of sulfone groups is 2. The number of benzene rings is 2. The molecule has 10 nitrogen and oxygen atoms in total. The van der Waals surface area contributed by atoms with Crippen LogP contribution < -0.4 is 0 Å². The summed E-state index contributed by atoms with van der Waals surface area (Å²) in [4.78, 5) is 18.6. The van der Waals surface area contributed by atoms with E-state index in [0.29, 0.717) is 12.1 Å². The Hall–Kier alpha value is -2.28. The Bertz CT molecular complexity index is 1070. The van der Waals surface area contributed by atoms with E-state index in [9.17, 15) is 37.1 Å². The third kappa shape index (κ3) is 4.53. The Morgan fingerprint density at radius 2 is 1.07 bits per heavy atom. The lowest BCUT2D eigenvalue weighted by Gasteiger charge is -2.07. The van der Waals surface area contributed by atoms with Crippen molar-refractivity contribution in [3.8, 4) is 0 Å². The molecule has 144 valence electrons. The predicted molar refractivity (Wildman–Crippen MR) is 95.5 cm³/mol. The first-order valence-electron chi connectivity index (χ1n) is 6.68. The average Bonchev–Trinajstić information content (AvgIpc) is 2.53. The Morgan fingerprint density at radius 1 is 0.741 bits per heavy atom. The fourth-order valence-electron chi connectivity index (χ4n) is 1.99. The molecule has 0 fully saturated rings. The van der Waals surface area contributed by atoms with Crippen molar-refractivity contribution in [2.24, 2.45) is 0 Å². The third-order valence-corrected chi connectivity index (χ3v) is 8.32. The number of hydrogen-bond donors (Lipinski definition) is 0. The molecular formula is C13H8Cl2N2O8S2. The van der Waals surface area contributed by atoms with Gasteiger partial charge in [0.2, 0.25) is 0 Å². The maximum absolute atomic E-state index is 12.4. The predicted octanol–water partition coefficient (Wildman–Crippen LogP) is 3.01. The monoisotopic (exact) mass is 454 g/mol. The topological polar surface area (TPSA) is 155 Å². The molecule has 2 aromatic rings. The lowest BCUT2D eigenvalue weighted by molar-refractivity contribution is -0.385. The van der Waals surface area contributed by atoms with Crippen LogP contribution in [-0.4, -0.2) is 31.8 Å². The maximum Gasteiger partial charge on any atom is 0.289 e. The summed E-state index contributed by atoms with van der Waals surface area (Å²) in [6.07, 6.45) is 0. The average molecular weight is 455 g/mol. The van der Waals surface area contributed by atoms with Crippen molar-refractivity contribution in [1.82, 2.24) is 0 Å². The first kappa shape index (κ1) is 21.0. The van der Waals surface area contributed by atoms with Crippen molar-refractivity contribution in [2.45, 2.75) is 9.79 Å². The smallest absolute Gasteiger partial charge is 0.258 e. The van der Waals surface area contributed by atoms with Gasteiger partial charge in [-0.2, -0.15) is 0 Å². The van der Waals surface area contributed by atoms with Gasteiger partial charge in [0.15, 0.2) is 24.8 Å². The summed E-state index contributed by atoms with van der Waals surface area (Å²) in [5, 5.41) is 19.6. The fourth-order valence-corrected chi connectivity index (χ4v) is 6.22. The zero-order chi connectivity index (χ0) is 20.6. The number of nitro groups is 2. The summed E-state index contributed by atoms with van der Waals surface area (Å²) in [6, 6.07) is 5.02. The molecule has 0 spiro atoms. The molecule has 0 aliphatic carbocycles. The fraction of sp³-hybridized carbons (Fsp3) is 0.0769. The van der Waals surface area contributed by atoms with E-state index in [1.165, 1.54) is 0 Å². The van der Waals surface area contributed by atoms with Crippen molar-refractivity contribution >= 4 is 54.3 Å². The molecule has 2 rings (SSSR count). The van der Waals surface area contributed by atoms with Crippen molar-refractivity contribution in [2.75, 3.05) is 5.08 Å². The van der Waals surface area contributed by atoms with Gasteiger partial charge >= 0.3 is 0 Å². The summed E-state index contributed by atoms with van der Waals surface area (Å²) in [5.41, 5.74) is -1.42. The van der Waals surface area contributed by atoms with E-state index in [1.807, 2.05) is 0 Å². The van der Waals surface area contributed by atoms with E-state index in [1.54, 1.807) is 0 Å². The molecule has 0 bridgehead atoms. The van der Waals surface area contributed by atoms with Crippen LogP contribution in [0, 0.1) is 20.2 Å². The van der Waals surface area contributed by atoms with Crippen LogP contribution in [0.25, 0.3) is 0 Å². The molecule has 0 aromatic heterocycles. The van der Waals surface area contributed by atoms with Crippen LogP contribution >= 0.6 is 23.2 Å². The molecule has 0 aliphatic rings. The van der Waals surface area contributed by atoms with Gasteiger partial charge in [-0.1, -0.05) is 23.2 Å². The second kappa shape index (κ2) is 7.38. The summed E-state index contributed by atoms with van der Waals surface area (Å²) in [5.74, 6) is 0. The van der Waals surface area contributed by atoms with Crippen molar-refractivity contribution in [1.29, 1.82) is 0 Å². The molecule has 0 saturated heterocycles. The molecule has 0 N–H and O–H groups in total. The van der Waals surface area contributed by atoms with Gasteiger partial charge in [-0.15, -0.1) is 0 Å². The highest BCUT2D eigenvalue weighted by atomic mass is 35.5. The lowest BCUT2D eigenvalue weighted by atomic mass is 10.3. The molecule has 0 radical (unpaired) electrons. The second-order valence-electron chi connectivity index (χ2n) is 5.09. The number of nitro benzene ring substituents is 2. The molecule has 0 atom stereocenters. The zero-order valence-corrected chi connectivity index (χ0v) is 16.0.